The van der Waals surface area contributed by atoms with E-state index < -0.39 is 41.8 Å². The molecule has 3 amide bonds. The molecular weight excluding hydrogens is 382 g/mol. The average Bonchev–Trinajstić information content (AvgIpc) is 3.17. The lowest BCUT2D eigenvalue weighted by atomic mass is 10.1. The van der Waals surface area contributed by atoms with Gasteiger partial charge >= 0.3 is 5.97 Å². The van der Waals surface area contributed by atoms with Crippen LogP contribution in [0.25, 0.3) is 0 Å². The van der Waals surface area contributed by atoms with Crippen LogP contribution < -0.4 is 27.8 Å². The number of imidazole rings is 1. The van der Waals surface area contributed by atoms with Gasteiger partial charge in [0.15, 0.2) is 0 Å². The molecule has 0 aliphatic carbocycles. The maximum atomic E-state index is 12.6. The van der Waals surface area contributed by atoms with Gasteiger partial charge in [0.2, 0.25) is 17.7 Å². The van der Waals surface area contributed by atoms with Gasteiger partial charge in [-0.25, -0.2) is 9.78 Å². The minimum absolute atomic E-state index is 0.00264. The summed E-state index contributed by atoms with van der Waals surface area (Å²) >= 11 is 0. The highest BCUT2D eigenvalue weighted by Gasteiger charge is 2.28. The first kappa shape index (κ1) is 24.0. The molecule has 3 atom stereocenters. The Balaban J connectivity index is 2.76. The number of H-pyrrole nitrogens is 1. The molecule has 1 aromatic heterocycles. The predicted molar refractivity (Wildman–Crippen MR) is 103 cm³/mol. The molecule has 12 heteroatoms. The molecule has 10 N–H and O–H groups in total. The van der Waals surface area contributed by atoms with Gasteiger partial charge < -0.3 is 37.9 Å². The third kappa shape index (κ3) is 9.17. The minimum atomic E-state index is -1.22. The van der Waals surface area contributed by atoms with Crippen LogP contribution in [0.4, 0.5) is 0 Å². The Hall–Kier alpha value is -2.99. The summed E-state index contributed by atoms with van der Waals surface area (Å²) in [4.78, 5) is 53.8. The van der Waals surface area contributed by atoms with Crippen LogP contribution in [0.3, 0.4) is 0 Å². The van der Waals surface area contributed by atoms with Gasteiger partial charge in [-0.2, -0.15) is 0 Å². The monoisotopic (exact) mass is 411 g/mol. The van der Waals surface area contributed by atoms with Crippen molar-refractivity contribution in [3.8, 4) is 0 Å². The molecule has 0 saturated carbocycles. The van der Waals surface area contributed by atoms with Crippen LogP contribution in [0.5, 0.6) is 0 Å². The fraction of sp³-hybridized carbons (Fsp3) is 0.588. The fourth-order valence-electron chi connectivity index (χ4n) is 2.56. The van der Waals surface area contributed by atoms with Crippen molar-refractivity contribution in [1.82, 2.24) is 20.6 Å². The zero-order valence-corrected chi connectivity index (χ0v) is 16.1. The topological polar surface area (TPSA) is 219 Å². The number of nitrogens with zero attached hydrogens (tertiary/aromatic N) is 1. The molecule has 1 rings (SSSR count). The second-order valence-corrected chi connectivity index (χ2v) is 6.64. The summed E-state index contributed by atoms with van der Waals surface area (Å²) in [7, 11) is 0. The molecule has 0 fully saturated rings. The Morgan fingerprint density at radius 1 is 1.10 bits per heavy atom. The second-order valence-electron chi connectivity index (χ2n) is 6.64. The molecule has 0 aliphatic heterocycles. The maximum Gasteiger partial charge on any atom is 0.326 e. The molecule has 3 unspecified atom stereocenters. The molecule has 12 nitrogen and oxygen atoms in total. The number of aromatic amines is 1. The van der Waals surface area contributed by atoms with E-state index in [-0.39, 0.29) is 25.7 Å². The standard InChI is InChI=1S/C17H29N7O5/c18-6-2-1-3-12(23-15(26)11(19)4-5-14(20)25)16(27)24-13(17(28)29)7-10-8-21-9-22-10/h8-9,11-13H,1-7,18-19H2,(H2,20,25)(H,21,22)(H,23,26)(H,24,27)(H,28,29). The molecule has 0 aliphatic rings. The number of nitrogens with two attached hydrogens (primary N) is 3. The molecular formula is C17H29N7O5. The van der Waals surface area contributed by atoms with Crippen LogP contribution in [-0.4, -0.2) is 63.4 Å². The van der Waals surface area contributed by atoms with Gasteiger partial charge in [0.05, 0.1) is 12.4 Å². The summed E-state index contributed by atoms with van der Waals surface area (Å²) in [6.45, 7) is 0.415. The molecule has 0 bridgehead atoms. The van der Waals surface area contributed by atoms with E-state index in [0.717, 1.165) is 0 Å². The van der Waals surface area contributed by atoms with Crippen molar-refractivity contribution in [1.29, 1.82) is 0 Å². The number of carboxylic acids is 1. The number of carbonyl (C=O) groups excluding carboxylic acids is 3. The average molecular weight is 411 g/mol. The van der Waals surface area contributed by atoms with E-state index in [1.165, 1.54) is 12.5 Å². The van der Waals surface area contributed by atoms with Crippen LogP contribution in [-0.2, 0) is 25.6 Å². The van der Waals surface area contributed by atoms with Crippen molar-refractivity contribution in [2.45, 2.75) is 56.7 Å². The number of carbonyl (C=O) groups is 4. The highest BCUT2D eigenvalue weighted by molar-refractivity contribution is 5.92. The lowest BCUT2D eigenvalue weighted by molar-refractivity contribution is -0.142. The summed E-state index contributed by atoms with van der Waals surface area (Å²) in [5.41, 5.74) is 16.8. The number of unbranched alkanes of at least 4 members (excludes halogenated alkanes) is 1. The third-order valence-corrected chi connectivity index (χ3v) is 4.21. The van der Waals surface area contributed by atoms with E-state index >= 15 is 0 Å². The number of amides is 3. The first-order valence-corrected chi connectivity index (χ1v) is 9.29. The van der Waals surface area contributed by atoms with Gasteiger partial charge in [-0.15, -0.1) is 0 Å². The summed E-state index contributed by atoms with van der Waals surface area (Å²) in [5.74, 6) is -3.09. The van der Waals surface area contributed by atoms with Crippen LogP contribution in [0.2, 0.25) is 0 Å². The van der Waals surface area contributed by atoms with Gasteiger partial charge in [-0.05, 0) is 32.2 Å². The van der Waals surface area contributed by atoms with Crippen LogP contribution >= 0.6 is 0 Å². The molecule has 1 aromatic rings. The number of aliphatic carboxylic acids is 1. The highest BCUT2D eigenvalue weighted by atomic mass is 16.4. The first-order valence-electron chi connectivity index (χ1n) is 9.29. The van der Waals surface area contributed by atoms with E-state index in [2.05, 4.69) is 20.6 Å². The summed E-state index contributed by atoms with van der Waals surface area (Å²) in [5, 5.41) is 14.3. The van der Waals surface area contributed by atoms with Crippen LogP contribution in [0.1, 0.15) is 37.8 Å². The van der Waals surface area contributed by atoms with Gasteiger partial charge in [-0.3, -0.25) is 14.4 Å². The Labute approximate surface area is 168 Å². The predicted octanol–water partition coefficient (Wildman–Crippen LogP) is -2.27. The maximum absolute atomic E-state index is 12.6. The van der Waals surface area contributed by atoms with Crippen molar-refractivity contribution >= 4 is 23.7 Å². The number of carboxylic acid groups (broad SMARTS) is 1. The largest absolute Gasteiger partial charge is 0.480 e. The molecule has 162 valence electrons. The highest BCUT2D eigenvalue weighted by Crippen LogP contribution is 2.05. The molecule has 0 spiro atoms. The zero-order valence-electron chi connectivity index (χ0n) is 16.1. The number of primary amides is 1. The van der Waals surface area contributed by atoms with Gasteiger partial charge in [0, 0.05) is 24.7 Å². The number of hydrogen-bond acceptors (Lipinski definition) is 7. The Morgan fingerprint density at radius 3 is 2.34 bits per heavy atom. The Kier molecular flexibility index (Phi) is 10.3. The van der Waals surface area contributed by atoms with Crippen molar-refractivity contribution in [3.05, 3.63) is 18.2 Å². The number of hydrogen-bond donors (Lipinski definition) is 7. The SMILES string of the molecule is NCCCCC(NC(=O)C(N)CCC(N)=O)C(=O)NC(Cc1cnc[nH]1)C(=O)O. The van der Waals surface area contributed by atoms with Crippen molar-refractivity contribution in [3.63, 3.8) is 0 Å². The lowest BCUT2D eigenvalue weighted by Crippen LogP contribution is -2.54. The van der Waals surface area contributed by atoms with Gasteiger partial charge in [-0.1, -0.05) is 0 Å². The number of aromatic nitrogens is 2. The molecule has 0 saturated heterocycles. The fourth-order valence-corrected chi connectivity index (χ4v) is 2.56. The molecule has 1 heterocycles. The van der Waals surface area contributed by atoms with Crippen LogP contribution in [0, 0.1) is 0 Å². The molecule has 0 aromatic carbocycles. The smallest absolute Gasteiger partial charge is 0.326 e. The summed E-state index contributed by atoms with van der Waals surface area (Å²) in [6.07, 6.45) is 4.27. The normalized spacial score (nSPS) is 13.9. The minimum Gasteiger partial charge on any atom is -0.480 e. The number of nitrogens with one attached hydrogen (secondary N) is 3. The quantitative estimate of drug-likeness (QED) is 0.165. The van der Waals surface area contributed by atoms with Crippen molar-refractivity contribution in [2.24, 2.45) is 17.2 Å². The zero-order chi connectivity index (χ0) is 21.8. The molecule has 29 heavy (non-hydrogen) atoms. The van der Waals surface area contributed by atoms with E-state index in [0.29, 0.717) is 25.1 Å². The van der Waals surface area contributed by atoms with E-state index in [1.54, 1.807) is 0 Å². The Morgan fingerprint density at radius 2 is 1.79 bits per heavy atom. The summed E-state index contributed by atoms with van der Waals surface area (Å²) < 4.78 is 0. The van der Waals surface area contributed by atoms with Gasteiger partial charge in [0.25, 0.3) is 0 Å². The summed E-state index contributed by atoms with van der Waals surface area (Å²) in [6, 6.07) is -3.22. The van der Waals surface area contributed by atoms with Crippen molar-refractivity contribution in [2.75, 3.05) is 6.54 Å². The van der Waals surface area contributed by atoms with Crippen LogP contribution in [0.15, 0.2) is 12.5 Å². The molecule has 0 radical (unpaired) electrons. The second kappa shape index (κ2) is 12.5. The number of rotatable bonds is 14. The first-order chi connectivity index (χ1) is 13.7. The van der Waals surface area contributed by atoms with Gasteiger partial charge in [0.1, 0.15) is 12.1 Å². The van der Waals surface area contributed by atoms with Crippen molar-refractivity contribution < 1.29 is 24.3 Å². The third-order valence-electron chi connectivity index (χ3n) is 4.21. The van der Waals surface area contributed by atoms with E-state index in [1.807, 2.05) is 0 Å². The van der Waals surface area contributed by atoms with E-state index in [4.69, 9.17) is 17.2 Å². The van der Waals surface area contributed by atoms with E-state index in [9.17, 15) is 24.3 Å². The lowest BCUT2D eigenvalue weighted by Gasteiger charge is -2.22. The Bertz CT molecular complexity index is 680.